The van der Waals surface area contributed by atoms with Crippen molar-refractivity contribution in [3.8, 4) is 11.8 Å². The number of hydrogen-bond acceptors (Lipinski definition) is 6. The molecule has 2 aromatic rings. The molecular weight excluding hydrogens is 472 g/mol. The van der Waals surface area contributed by atoms with Crippen LogP contribution in [0, 0.1) is 18.3 Å². The molecule has 0 bridgehead atoms. The molecule has 1 aliphatic rings. The van der Waals surface area contributed by atoms with Crippen molar-refractivity contribution in [2.75, 3.05) is 26.3 Å². The average molecular weight is 491 g/mol. The van der Waals surface area contributed by atoms with Gasteiger partial charge in [0.25, 0.3) is 5.91 Å². The van der Waals surface area contributed by atoms with E-state index in [9.17, 15) is 18.5 Å². The summed E-state index contributed by atoms with van der Waals surface area (Å²) in [5, 5.41) is 9.40. The minimum atomic E-state index is -3.99. The molecule has 0 aliphatic carbocycles. The van der Waals surface area contributed by atoms with Crippen molar-refractivity contribution in [1.29, 1.82) is 5.26 Å². The molecule has 0 saturated carbocycles. The summed E-state index contributed by atoms with van der Waals surface area (Å²) in [6, 6.07) is 12.9. The molecule has 1 amide bonds. The second-order valence-electron chi connectivity index (χ2n) is 6.61. The first-order valence-corrected chi connectivity index (χ1v) is 11.3. The van der Waals surface area contributed by atoms with E-state index in [0.717, 1.165) is 5.56 Å². The van der Waals surface area contributed by atoms with Gasteiger partial charge in [0.1, 0.15) is 16.5 Å². The molecule has 0 unspecified atom stereocenters. The third-order valence-electron chi connectivity index (χ3n) is 4.43. The molecule has 156 valence electrons. The molecule has 3 rings (SSSR count). The Bertz CT molecular complexity index is 1120. The largest absolute Gasteiger partial charge is 0.378 e. The fourth-order valence-corrected chi connectivity index (χ4v) is 4.32. The van der Waals surface area contributed by atoms with Gasteiger partial charge in [0.15, 0.2) is 5.75 Å². The summed E-state index contributed by atoms with van der Waals surface area (Å²) in [4.78, 5) is 14.1. The number of nitriles is 1. The van der Waals surface area contributed by atoms with Crippen LogP contribution < -0.4 is 4.18 Å². The molecule has 0 aromatic heterocycles. The number of aryl methyl sites for hydroxylation is 1. The van der Waals surface area contributed by atoms with E-state index in [4.69, 9.17) is 8.92 Å². The van der Waals surface area contributed by atoms with Gasteiger partial charge in [0.2, 0.25) is 0 Å². The second kappa shape index (κ2) is 9.43. The van der Waals surface area contributed by atoms with Crippen LogP contribution in [0.2, 0.25) is 0 Å². The molecular formula is C21H19BrN2O5S. The van der Waals surface area contributed by atoms with Gasteiger partial charge in [-0.15, -0.1) is 0 Å². The van der Waals surface area contributed by atoms with Crippen molar-refractivity contribution < 1.29 is 22.1 Å². The van der Waals surface area contributed by atoms with Crippen LogP contribution in [-0.2, 0) is 19.6 Å². The van der Waals surface area contributed by atoms with E-state index in [0.29, 0.717) is 36.3 Å². The molecule has 0 radical (unpaired) electrons. The Morgan fingerprint density at radius 3 is 2.47 bits per heavy atom. The van der Waals surface area contributed by atoms with Gasteiger partial charge in [0.05, 0.1) is 17.7 Å². The number of carbonyl (C=O) groups is 1. The molecule has 0 spiro atoms. The summed E-state index contributed by atoms with van der Waals surface area (Å²) >= 11 is 3.30. The summed E-state index contributed by atoms with van der Waals surface area (Å²) in [5.74, 6) is -0.259. The predicted octanol–water partition coefficient (Wildman–Crippen LogP) is 3.29. The number of halogens is 1. The maximum atomic E-state index is 12.5. The van der Waals surface area contributed by atoms with Crippen molar-refractivity contribution >= 4 is 38.0 Å². The summed E-state index contributed by atoms with van der Waals surface area (Å²) in [6.07, 6.45) is 1.46. The van der Waals surface area contributed by atoms with E-state index in [1.807, 2.05) is 13.0 Å². The van der Waals surface area contributed by atoms with Crippen LogP contribution in [0.5, 0.6) is 5.75 Å². The Morgan fingerprint density at radius 1 is 1.20 bits per heavy atom. The molecule has 1 heterocycles. The molecule has 1 saturated heterocycles. The zero-order valence-corrected chi connectivity index (χ0v) is 18.6. The van der Waals surface area contributed by atoms with E-state index >= 15 is 0 Å². The van der Waals surface area contributed by atoms with Crippen LogP contribution in [0.1, 0.15) is 11.1 Å². The minimum absolute atomic E-state index is 0.00950. The lowest BCUT2D eigenvalue weighted by Gasteiger charge is -2.26. The standard InChI is InChI=1S/C21H19BrN2O5S/c1-15-2-5-18(6-3-15)30(26,27)29-20-7-4-16(13-19(20)22)12-17(14-23)21(25)24-8-10-28-11-9-24/h2-7,12-13H,8-11H2,1H3/b17-12+. The minimum Gasteiger partial charge on any atom is -0.378 e. The zero-order valence-electron chi connectivity index (χ0n) is 16.2. The summed E-state index contributed by atoms with van der Waals surface area (Å²) in [7, 11) is -3.99. The van der Waals surface area contributed by atoms with Crippen molar-refractivity contribution in [3.63, 3.8) is 0 Å². The van der Waals surface area contributed by atoms with Gasteiger partial charge in [0, 0.05) is 13.1 Å². The molecule has 0 N–H and O–H groups in total. The highest BCUT2D eigenvalue weighted by molar-refractivity contribution is 9.10. The lowest BCUT2D eigenvalue weighted by atomic mass is 10.1. The second-order valence-corrected chi connectivity index (χ2v) is 9.02. The van der Waals surface area contributed by atoms with Gasteiger partial charge in [-0.1, -0.05) is 23.8 Å². The third-order valence-corrected chi connectivity index (χ3v) is 6.29. The van der Waals surface area contributed by atoms with Gasteiger partial charge < -0.3 is 13.8 Å². The molecule has 9 heteroatoms. The number of carbonyl (C=O) groups excluding carboxylic acids is 1. The van der Waals surface area contributed by atoms with Crippen LogP contribution >= 0.6 is 15.9 Å². The van der Waals surface area contributed by atoms with Crippen LogP contribution in [0.4, 0.5) is 0 Å². The third kappa shape index (κ3) is 5.27. The van der Waals surface area contributed by atoms with Crippen molar-refractivity contribution in [1.82, 2.24) is 4.90 Å². The van der Waals surface area contributed by atoms with Crippen molar-refractivity contribution in [3.05, 3.63) is 63.6 Å². The van der Waals surface area contributed by atoms with E-state index < -0.39 is 10.1 Å². The summed E-state index contributed by atoms with van der Waals surface area (Å²) in [6.45, 7) is 3.62. The lowest BCUT2D eigenvalue weighted by molar-refractivity contribution is -0.130. The number of amides is 1. The fraction of sp³-hybridized carbons (Fsp3) is 0.238. The molecule has 7 nitrogen and oxygen atoms in total. The van der Waals surface area contributed by atoms with Gasteiger partial charge in [-0.25, -0.2) is 0 Å². The highest BCUT2D eigenvalue weighted by atomic mass is 79.9. The number of benzene rings is 2. The highest BCUT2D eigenvalue weighted by Gasteiger charge is 2.21. The maximum absolute atomic E-state index is 12.5. The molecule has 1 aliphatic heterocycles. The van der Waals surface area contributed by atoms with Gasteiger partial charge in [-0.2, -0.15) is 13.7 Å². The number of rotatable bonds is 5. The van der Waals surface area contributed by atoms with Gasteiger partial charge in [-0.3, -0.25) is 4.79 Å². The van der Waals surface area contributed by atoms with Crippen LogP contribution in [0.15, 0.2) is 57.4 Å². The Hall–Kier alpha value is -2.67. The highest BCUT2D eigenvalue weighted by Crippen LogP contribution is 2.30. The number of ether oxygens (including phenoxy) is 1. The molecule has 30 heavy (non-hydrogen) atoms. The molecule has 1 fully saturated rings. The number of nitrogens with zero attached hydrogens (tertiary/aromatic N) is 2. The first kappa shape index (κ1) is 22.0. The van der Waals surface area contributed by atoms with E-state index in [1.165, 1.54) is 24.3 Å². The zero-order chi connectivity index (χ0) is 21.7. The lowest BCUT2D eigenvalue weighted by Crippen LogP contribution is -2.41. The average Bonchev–Trinajstić information content (AvgIpc) is 2.74. The normalized spacial score (nSPS) is 14.8. The molecule has 2 aromatic carbocycles. The smallest absolute Gasteiger partial charge is 0.339 e. The maximum Gasteiger partial charge on any atom is 0.339 e. The number of hydrogen-bond donors (Lipinski definition) is 0. The van der Waals surface area contributed by atoms with Crippen LogP contribution in [0.25, 0.3) is 6.08 Å². The van der Waals surface area contributed by atoms with Gasteiger partial charge >= 0.3 is 10.1 Å². The van der Waals surface area contributed by atoms with E-state index in [-0.39, 0.29) is 22.1 Å². The van der Waals surface area contributed by atoms with Crippen LogP contribution in [-0.4, -0.2) is 45.5 Å². The van der Waals surface area contributed by atoms with Crippen molar-refractivity contribution in [2.45, 2.75) is 11.8 Å². The molecule has 0 atom stereocenters. The number of morpholine rings is 1. The monoisotopic (exact) mass is 490 g/mol. The SMILES string of the molecule is Cc1ccc(S(=O)(=O)Oc2ccc(/C=C(\C#N)C(=O)N3CCOCC3)cc2Br)cc1. The quantitative estimate of drug-likeness (QED) is 0.362. The van der Waals surface area contributed by atoms with E-state index in [2.05, 4.69) is 15.9 Å². The fourth-order valence-electron chi connectivity index (χ4n) is 2.79. The van der Waals surface area contributed by atoms with E-state index in [1.54, 1.807) is 29.2 Å². The Kier molecular flexibility index (Phi) is 6.92. The topological polar surface area (TPSA) is 96.7 Å². The predicted molar refractivity (Wildman–Crippen MR) is 114 cm³/mol. The summed E-state index contributed by atoms with van der Waals surface area (Å²) in [5.41, 5.74) is 1.48. The van der Waals surface area contributed by atoms with Crippen molar-refractivity contribution in [2.24, 2.45) is 0 Å². The Labute approximate surface area is 183 Å². The Balaban J connectivity index is 1.80. The van der Waals surface area contributed by atoms with Gasteiger partial charge in [-0.05, 0) is 58.8 Å². The summed E-state index contributed by atoms with van der Waals surface area (Å²) < 4.78 is 35.8. The first-order chi connectivity index (χ1) is 14.3. The first-order valence-electron chi connectivity index (χ1n) is 9.10. The Morgan fingerprint density at radius 2 is 1.87 bits per heavy atom. The van der Waals surface area contributed by atoms with Crippen LogP contribution in [0.3, 0.4) is 0 Å².